The highest BCUT2D eigenvalue weighted by Crippen LogP contribution is 2.22. The average molecular weight is 298 g/mol. The van der Waals surface area contributed by atoms with E-state index in [1.807, 2.05) is 34.9 Å². The van der Waals surface area contributed by atoms with E-state index in [0.717, 1.165) is 17.8 Å². The molecule has 0 unspecified atom stereocenters. The first kappa shape index (κ1) is 13.8. The van der Waals surface area contributed by atoms with Crippen molar-refractivity contribution < 1.29 is 0 Å². The van der Waals surface area contributed by atoms with Gasteiger partial charge in [0.2, 0.25) is 5.28 Å². The van der Waals surface area contributed by atoms with Crippen LogP contribution in [0.1, 0.15) is 18.1 Å². The van der Waals surface area contributed by atoms with Crippen LogP contribution in [0.3, 0.4) is 0 Å². The quantitative estimate of drug-likeness (QED) is 0.722. The van der Waals surface area contributed by atoms with Crippen LogP contribution in [-0.4, -0.2) is 14.8 Å². The number of halogens is 1. The number of benzene rings is 2. The Morgan fingerprint density at radius 2 is 1.57 bits per heavy atom. The lowest BCUT2D eigenvalue weighted by molar-refractivity contribution is 0.793. The van der Waals surface area contributed by atoms with Crippen molar-refractivity contribution in [1.82, 2.24) is 14.8 Å². The van der Waals surface area contributed by atoms with Crippen molar-refractivity contribution in [3.8, 4) is 11.4 Å². The van der Waals surface area contributed by atoms with Gasteiger partial charge in [-0.3, -0.25) is 4.57 Å². The van der Waals surface area contributed by atoms with Crippen molar-refractivity contribution in [1.29, 1.82) is 0 Å². The molecule has 0 N–H and O–H groups in total. The summed E-state index contributed by atoms with van der Waals surface area (Å²) < 4.78 is 1.95. The second kappa shape index (κ2) is 6.10. The van der Waals surface area contributed by atoms with Crippen molar-refractivity contribution in [2.75, 3.05) is 0 Å². The van der Waals surface area contributed by atoms with Gasteiger partial charge in [0.1, 0.15) is 0 Å². The van der Waals surface area contributed by atoms with Crippen LogP contribution in [0.2, 0.25) is 5.28 Å². The summed E-state index contributed by atoms with van der Waals surface area (Å²) in [5.41, 5.74) is 3.59. The SMILES string of the molecule is CCc1ccccc1Cn1c(Cl)nnc1-c1ccccc1. The predicted octanol–water partition coefficient (Wildman–Crippen LogP) is 4.21. The Labute approximate surface area is 129 Å². The van der Waals surface area contributed by atoms with Gasteiger partial charge in [0.25, 0.3) is 0 Å². The van der Waals surface area contributed by atoms with Gasteiger partial charge in [-0.25, -0.2) is 0 Å². The number of nitrogens with zero attached hydrogens (tertiary/aromatic N) is 3. The van der Waals surface area contributed by atoms with Crippen LogP contribution in [0.5, 0.6) is 0 Å². The van der Waals surface area contributed by atoms with Crippen molar-refractivity contribution in [2.24, 2.45) is 0 Å². The van der Waals surface area contributed by atoms with Gasteiger partial charge in [-0.15, -0.1) is 10.2 Å². The summed E-state index contributed by atoms with van der Waals surface area (Å²) >= 11 is 6.23. The molecule has 0 aliphatic heterocycles. The Kier molecular flexibility index (Phi) is 4.02. The van der Waals surface area contributed by atoms with E-state index in [0.29, 0.717) is 11.8 Å². The largest absolute Gasteiger partial charge is 0.293 e. The van der Waals surface area contributed by atoms with E-state index in [9.17, 15) is 0 Å². The molecule has 21 heavy (non-hydrogen) atoms. The van der Waals surface area contributed by atoms with Gasteiger partial charge in [0.05, 0.1) is 6.54 Å². The molecule has 0 radical (unpaired) electrons. The van der Waals surface area contributed by atoms with Crippen LogP contribution in [0.15, 0.2) is 54.6 Å². The minimum Gasteiger partial charge on any atom is -0.293 e. The molecule has 0 atom stereocenters. The fraction of sp³-hybridized carbons (Fsp3) is 0.176. The van der Waals surface area contributed by atoms with Crippen LogP contribution in [-0.2, 0) is 13.0 Å². The molecule has 106 valence electrons. The lowest BCUT2D eigenvalue weighted by Crippen LogP contribution is -2.05. The summed E-state index contributed by atoms with van der Waals surface area (Å²) in [6.07, 6.45) is 0.997. The lowest BCUT2D eigenvalue weighted by atomic mass is 10.1. The summed E-state index contributed by atoms with van der Waals surface area (Å²) in [5.74, 6) is 0.798. The Balaban J connectivity index is 2.02. The lowest BCUT2D eigenvalue weighted by Gasteiger charge is -2.11. The van der Waals surface area contributed by atoms with Gasteiger partial charge in [-0.05, 0) is 29.1 Å². The molecular formula is C17H16ClN3. The van der Waals surface area contributed by atoms with Crippen LogP contribution >= 0.6 is 11.6 Å². The summed E-state index contributed by atoms with van der Waals surface area (Å²) in [4.78, 5) is 0. The van der Waals surface area contributed by atoms with Gasteiger partial charge in [-0.1, -0.05) is 61.5 Å². The highest BCUT2D eigenvalue weighted by molar-refractivity contribution is 6.28. The average Bonchev–Trinajstić information content (AvgIpc) is 2.90. The van der Waals surface area contributed by atoms with Gasteiger partial charge in [0, 0.05) is 5.56 Å². The molecular weight excluding hydrogens is 282 g/mol. The Morgan fingerprint density at radius 1 is 0.905 bits per heavy atom. The number of rotatable bonds is 4. The molecule has 1 aromatic heterocycles. The van der Waals surface area contributed by atoms with Crippen LogP contribution < -0.4 is 0 Å². The topological polar surface area (TPSA) is 30.7 Å². The molecule has 3 rings (SSSR count). The molecule has 0 bridgehead atoms. The Bertz CT molecular complexity index is 735. The summed E-state index contributed by atoms with van der Waals surface area (Å²) in [6.45, 7) is 2.84. The second-order valence-electron chi connectivity index (χ2n) is 4.87. The van der Waals surface area contributed by atoms with E-state index in [1.54, 1.807) is 0 Å². The fourth-order valence-electron chi connectivity index (χ4n) is 2.45. The molecule has 0 aliphatic carbocycles. The van der Waals surface area contributed by atoms with Gasteiger partial charge in [0.15, 0.2) is 5.82 Å². The summed E-state index contributed by atoms with van der Waals surface area (Å²) in [5, 5.41) is 8.66. The van der Waals surface area contributed by atoms with Crippen LogP contribution in [0, 0.1) is 0 Å². The third kappa shape index (κ3) is 2.83. The maximum absolute atomic E-state index is 6.23. The zero-order valence-electron chi connectivity index (χ0n) is 11.8. The number of aromatic nitrogens is 3. The Hall–Kier alpha value is -2.13. The predicted molar refractivity (Wildman–Crippen MR) is 85.4 cm³/mol. The first-order valence-electron chi connectivity index (χ1n) is 7.00. The third-order valence-corrected chi connectivity index (χ3v) is 3.85. The maximum atomic E-state index is 6.23. The molecule has 2 aromatic carbocycles. The minimum atomic E-state index is 0.416. The first-order valence-corrected chi connectivity index (χ1v) is 7.38. The highest BCUT2D eigenvalue weighted by atomic mass is 35.5. The van der Waals surface area contributed by atoms with E-state index in [4.69, 9.17) is 11.6 Å². The molecule has 0 aliphatic rings. The van der Waals surface area contributed by atoms with Gasteiger partial charge < -0.3 is 0 Å². The van der Waals surface area contributed by atoms with E-state index in [1.165, 1.54) is 11.1 Å². The molecule has 0 spiro atoms. The molecule has 0 saturated carbocycles. The Morgan fingerprint density at radius 3 is 2.29 bits per heavy atom. The number of hydrogen-bond acceptors (Lipinski definition) is 2. The standard InChI is InChI=1S/C17H16ClN3/c1-2-13-8-6-7-11-15(13)12-21-16(19-20-17(21)18)14-9-4-3-5-10-14/h3-11H,2,12H2,1H3. The van der Waals surface area contributed by atoms with E-state index >= 15 is 0 Å². The molecule has 4 heteroatoms. The molecule has 0 saturated heterocycles. The first-order chi connectivity index (χ1) is 10.3. The highest BCUT2D eigenvalue weighted by Gasteiger charge is 2.13. The third-order valence-electron chi connectivity index (χ3n) is 3.57. The maximum Gasteiger partial charge on any atom is 0.225 e. The molecule has 3 aromatic rings. The molecule has 3 nitrogen and oxygen atoms in total. The normalized spacial score (nSPS) is 10.8. The van der Waals surface area contributed by atoms with Gasteiger partial charge >= 0.3 is 0 Å². The molecule has 1 heterocycles. The van der Waals surface area contributed by atoms with Crippen molar-refractivity contribution in [2.45, 2.75) is 19.9 Å². The van der Waals surface area contributed by atoms with E-state index in [2.05, 4.69) is 41.4 Å². The zero-order valence-corrected chi connectivity index (χ0v) is 12.6. The van der Waals surface area contributed by atoms with Crippen molar-refractivity contribution in [3.05, 3.63) is 71.0 Å². The van der Waals surface area contributed by atoms with Gasteiger partial charge in [-0.2, -0.15) is 0 Å². The second-order valence-corrected chi connectivity index (χ2v) is 5.21. The van der Waals surface area contributed by atoms with E-state index in [-0.39, 0.29) is 0 Å². The van der Waals surface area contributed by atoms with Crippen LogP contribution in [0.4, 0.5) is 0 Å². The summed E-state index contributed by atoms with van der Waals surface area (Å²) in [6, 6.07) is 18.4. The van der Waals surface area contributed by atoms with E-state index < -0.39 is 0 Å². The van der Waals surface area contributed by atoms with Crippen molar-refractivity contribution >= 4 is 11.6 Å². The molecule has 0 fully saturated rings. The monoisotopic (exact) mass is 297 g/mol. The smallest absolute Gasteiger partial charge is 0.225 e. The van der Waals surface area contributed by atoms with Crippen molar-refractivity contribution in [3.63, 3.8) is 0 Å². The molecule has 0 amide bonds. The fourth-order valence-corrected chi connectivity index (χ4v) is 2.63. The minimum absolute atomic E-state index is 0.416. The number of aryl methyl sites for hydroxylation is 1. The van der Waals surface area contributed by atoms with Crippen LogP contribution in [0.25, 0.3) is 11.4 Å². The zero-order chi connectivity index (χ0) is 14.7. The number of hydrogen-bond donors (Lipinski definition) is 0. The summed E-state index contributed by atoms with van der Waals surface area (Å²) in [7, 11) is 0.